The van der Waals surface area contributed by atoms with Crippen LogP contribution in [-0.4, -0.2) is 127 Å². The van der Waals surface area contributed by atoms with Gasteiger partial charge in [0.25, 0.3) is 17.4 Å². The fourth-order valence-electron chi connectivity index (χ4n) is 10.9. The zero-order chi connectivity index (χ0) is 44.2. The number of imide groups is 2. The smallest absolute Gasteiger partial charge is 0.317 e. The molecular weight excluding hydrogens is 807 g/mol. The highest BCUT2D eigenvalue weighted by Crippen LogP contribution is 2.51. The van der Waals surface area contributed by atoms with Crippen LogP contribution in [0.2, 0.25) is 0 Å². The van der Waals surface area contributed by atoms with Crippen LogP contribution in [0, 0.1) is 11.3 Å². The summed E-state index contributed by atoms with van der Waals surface area (Å²) in [7, 11) is 6.73. The summed E-state index contributed by atoms with van der Waals surface area (Å²) >= 11 is 0. The lowest BCUT2D eigenvalue weighted by Gasteiger charge is -2.52. The van der Waals surface area contributed by atoms with Crippen molar-refractivity contribution in [2.75, 3.05) is 60.5 Å². The largest absolute Gasteiger partial charge is 0.496 e. The molecule has 1 aliphatic carbocycles. The fourth-order valence-corrected chi connectivity index (χ4v) is 10.9. The van der Waals surface area contributed by atoms with E-state index >= 15 is 0 Å². The molecule has 16 nitrogen and oxygen atoms in total. The minimum absolute atomic E-state index is 0.0486. The molecule has 3 aromatic rings. The van der Waals surface area contributed by atoms with Crippen LogP contribution in [0.3, 0.4) is 0 Å². The van der Waals surface area contributed by atoms with E-state index in [2.05, 4.69) is 20.4 Å². The maximum absolute atomic E-state index is 13.3. The maximum Gasteiger partial charge on any atom is 0.317 e. The van der Waals surface area contributed by atoms with Gasteiger partial charge < -0.3 is 33.9 Å². The predicted molar refractivity (Wildman–Crippen MR) is 232 cm³/mol. The Kier molecular flexibility index (Phi) is 11.5. The van der Waals surface area contributed by atoms with Gasteiger partial charge in [-0.1, -0.05) is 0 Å². The van der Waals surface area contributed by atoms with Gasteiger partial charge in [-0.3, -0.25) is 39.1 Å². The van der Waals surface area contributed by atoms with Crippen molar-refractivity contribution in [3.05, 3.63) is 74.7 Å². The molecule has 6 aliphatic rings. The number of pyridine rings is 1. The Bertz CT molecular complexity index is 2380. The highest BCUT2D eigenvalue weighted by atomic mass is 16.5. The monoisotopic (exact) mass is 863 g/mol. The molecule has 9 rings (SSSR count). The van der Waals surface area contributed by atoms with E-state index < -0.39 is 29.7 Å². The topological polar surface area (TPSA) is 172 Å². The molecule has 3 saturated heterocycles. The first-order valence-electron chi connectivity index (χ1n) is 22.3. The summed E-state index contributed by atoms with van der Waals surface area (Å²) < 4.78 is 19.9. The van der Waals surface area contributed by atoms with Crippen LogP contribution in [-0.2, 0) is 36.1 Å². The van der Waals surface area contributed by atoms with Crippen molar-refractivity contribution in [3.63, 3.8) is 0 Å². The molecule has 0 bridgehead atoms. The van der Waals surface area contributed by atoms with Gasteiger partial charge in [0.1, 0.15) is 23.3 Å². The second-order valence-corrected chi connectivity index (χ2v) is 18.3. The molecule has 2 N–H and O–H groups in total. The fraction of sp³-hybridized carbons (Fsp3) is 0.532. The summed E-state index contributed by atoms with van der Waals surface area (Å²) in [5.41, 5.74) is 5.13. The van der Waals surface area contributed by atoms with Crippen molar-refractivity contribution in [2.45, 2.75) is 83.0 Å². The molecule has 0 radical (unpaired) electrons. The number of methoxy groups -OCH3 is 2. The van der Waals surface area contributed by atoms with Crippen molar-refractivity contribution >= 4 is 29.7 Å². The first-order chi connectivity index (χ1) is 30.4. The molecule has 4 fully saturated rings. The van der Waals surface area contributed by atoms with Crippen molar-refractivity contribution in [2.24, 2.45) is 18.4 Å². The zero-order valence-electron chi connectivity index (χ0n) is 36.6. The number of hydrogen-bond donors (Lipinski definition) is 2. The lowest BCUT2D eigenvalue weighted by Crippen LogP contribution is -2.54. The number of hydrogen-bond acceptors (Lipinski definition) is 11. The van der Waals surface area contributed by atoms with E-state index in [0.717, 1.165) is 110 Å². The van der Waals surface area contributed by atoms with Crippen LogP contribution >= 0.6 is 0 Å². The maximum atomic E-state index is 13.3. The third kappa shape index (κ3) is 8.07. The van der Waals surface area contributed by atoms with Crippen molar-refractivity contribution in [3.8, 4) is 28.4 Å². The van der Waals surface area contributed by atoms with Gasteiger partial charge in [-0.15, -0.1) is 0 Å². The van der Waals surface area contributed by atoms with Crippen LogP contribution < -0.4 is 30.4 Å². The van der Waals surface area contributed by atoms with Crippen molar-refractivity contribution in [1.82, 2.24) is 34.8 Å². The number of nitrogens with zero attached hydrogens (tertiary/aromatic N) is 5. The second kappa shape index (κ2) is 17.1. The number of nitrogens with one attached hydrogen (secondary N) is 2. The van der Waals surface area contributed by atoms with Gasteiger partial charge in [0.05, 0.1) is 43.6 Å². The number of aryl methyl sites for hydroxylation is 1. The third-order valence-electron chi connectivity index (χ3n) is 14.5. The van der Waals surface area contributed by atoms with Crippen LogP contribution in [0.5, 0.6) is 17.2 Å². The molecule has 1 aromatic heterocycles. The number of piperidine rings is 3. The number of benzene rings is 2. The summed E-state index contributed by atoms with van der Waals surface area (Å²) in [6.45, 7) is 6.73. The minimum atomic E-state index is -0.991. The number of carbonyl (C=O) groups is 5. The minimum Gasteiger partial charge on any atom is -0.496 e. The van der Waals surface area contributed by atoms with Crippen LogP contribution in [0.1, 0.15) is 88.8 Å². The summed E-state index contributed by atoms with van der Waals surface area (Å²) in [5, 5.41) is 4.91. The first-order valence-corrected chi connectivity index (χ1v) is 22.3. The lowest BCUT2D eigenvalue weighted by molar-refractivity contribution is -0.136. The predicted octanol–water partition coefficient (Wildman–Crippen LogP) is 3.70. The van der Waals surface area contributed by atoms with Gasteiger partial charge >= 0.3 is 6.03 Å². The third-order valence-corrected chi connectivity index (χ3v) is 14.5. The van der Waals surface area contributed by atoms with E-state index in [1.54, 1.807) is 56.0 Å². The molecule has 334 valence electrons. The molecule has 2 aromatic carbocycles. The molecule has 6 heterocycles. The molecule has 1 unspecified atom stereocenters. The molecule has 1 atom stereocenters. The van der Waals surface area contributed by atoms with E-state index in [1.165, 1.54) is 0 Å². The van der Waals surface area contributed by atoms with Gasteiger partial charge in [0.2, 0.25) is 11.8 Å². The number of rotatable bonds is 10. The van der Waals surface area contributed by atoms with Crippen LogP contribution in [0.25, 0.3) is 11.1 Å². The molecule has 6 amide bonds. The molecule has 16 heteroatoms. The number of aromatic nitrogens is 1. The normalized spacial score (nSPS) is 21.8. The standard InChI is InChI=1S/C47H57N7O9/c1-48-46(60)53-16-11-32-35(25-50(2)43(57)36(32)27-53)29-19-39(61-3)37(40(20-29)62-4)26-51-14-9-28(10-15-51)24-52-17-12-47(13-18-52)22-31(23-47)63-30-5-6-33-34(21-30)45(59)54(44(33)58)38-7-8-41(55)49-42(38)56/h5-6,19-21,25,28,31,38H,7-18,22-24,26-27H2,1-4H3,(H,48,60)(H,49,55,56). The van der Waals surface area contributed by atoms with Gasteiger partial charge in [-0.25, -0.2) is 4.79 Å². The van der Waals surface area contributed by atoms with Crippen LogP contribution in [0.15, 0.2) is 41.3 Å². The lowest BCUT2D eigenvalue weighted by atomic mass is 9.61. The highest BCUT2D eigenvalue weighted by molar-refractivity contribution is 6.23. The molecular formula is C47H57N7O9. The van der Waals surface area contributed by atoms with E-state index in [1.807, 2.05) is 18.3 Å². The van der Waals surface area contributed by atoms with Gasteiger partial charge in [0, 0.05) is 57.5 Å². The number of amides is 6. The van der Waals surface area contributed by atoms with Crippen molar-refractivity contribution < 1.29 is 38.2 Å². The second-order valence-electron chi connectivity index (χ2n) is 18.3. The average molecular weight is 864 g/mol. The Balaban J connectivity index is 0.754. The van der Waals surface area contributed by atoms with Crippen LogP contribution in [0.4, 0.5) is 4.79 Å². The molecule has 5 aliphatic heterocycles. The van der Waals surface area contributed by atoms with Crippen molar-refractivity contribution in [1.29, 1.82) is 0 Å². The SMILES string of the molecule is CNC(=O)N1CCc2c(-c3cc(OC)c(CN4CCC(CN5CCC6(CC5)CC(Oc5ccc7c(c5)C(=O)N(C5CCC(=O)NC5=O)C7=O)C6)CC4)c(OC)c3)cn(C)c(=O)c2C1. The number of carbonyl (C=O) groups excluding carboxylic acids is 5. The number of likely N-dealkylation sites (tertiary alicyclic amines) is 2. The number of urea groups is 1. The molecule has 63 heavy (non-hydrogen) atoms. The Morgan fingerprint density at radius 2 is 1.52 bits per heavy atom. The van der Waals surface area contributed by atoms with Gasteiger partial charge in [-0.2, -0.15) is 0 Å². The quantitative estimate of drug-likeness (QED) is 0.285. The highest BCUT2D eigenvalue weighted by Gasteiger charge is 2.48. The Hall–Kier alpha value is -5.74. The van der Waals surface area contributed by atoms with Gasteiger partial charge in [0.15, 0.2) is 0 Å². The molecule has 1 saturated carbocycles. The molecule has 1 spiro atoms. The first kappa shape index (κ1) is 42.6. The Morgan fingerprint density at radius 1 is 0.825 bits per heavy atom. The van der Waals surface area contributed by atoms with E-state index in [9.17, 15) is 28.8 Å². The van der Waals surface area contributed by atoms with E-state index in [0.29, 0.717) is 36.7 Å². The van der Waals surface area contributed by atoms with E-state index in [4.69, 9.17) is 14.2 Å². The average Bonchev–Trinajstić information content (AvgIpc) is 3.52. The summed E-state index contributed by atoms with van der Waals surface area (Å²) in [5.74, 6) is 0.623. The summed E-state index contributed by atoms with van der Waals surface area (Å²) in [6, 6.07) is 7.87. The Morgan fingerprint density at radius 3 is 2.19 bits per heavy atom. The zero-order valence-corrected chi connectivity index (χ0v) is 36.6. The summed E-state index contributed by atoms with van der Waals surface area (Å²) in [6.07, 6.45) is 9.15. The van der Waals surface area contributed by atoms with Gasteiger partial charge in [-0.05, 0) is 130 Å². The summed E-state index contributed by atoms with van der Waals surface area (Å²) in [4.78, 5) is 83.8. The number of fused-ring (bicyclic) bond motifs is 2. The number of ether oxygens (including phenoxy) is 3. The van der Waals surface area contributed by atoms with E-state index in [-0.39, 0.29) is 53.6 Å². The Labute approximate surface area is 366 Å².